The second-order valence-electron chi connectivity index (χ2n) is 2.77. The van der Waals surface area contributed by atoms with E-state index >= 15 is 0 Å². The van der Waals surface area contributed by atoms with Crippen molar-refractivity contribution in [2.75, 3.05) is 0 Å². The van der Waals surface area contributed by atoms with E-state index in [2.05, 4.69) is 30.7 Å². The predicted octanol–water partition coefficient (Wildman–Crippen LogP) is 1.51. The SMILES string of the molecule is BrCc1nnc2n1CCCC2. The Balaban J connectivity index is 2.38. The highest BCUT2D eigenvalue weighted by Crippen LogP contribution is 2.15. The van der Waals surface area contributed by atoms with E-state index in [4.69, 9.17) is 0 Å². The van der Waals surface area contributed by atoms with Gasteiger partial charge in [0.25, 0.3) is 0 Å². The second kappa shape index (κ2) is 2.93. The van der Waals surface area contributed by atoms with Crippen LogP contribution in [-0.2, 0) is 18.3 Å². The lowest BCUT2D eigenvalue weighted by atomic mass is 10.2. The number of aromatic nitrogens is 3. The first-order valence-electron chi connectivity index (χ1n) is 3.89. The van der Waals surface area contributed by atoms with Crippen LogP contribution in [0.3, 0.4) is 0 Å². The van der Waals surface area contributed by atoms with Crippen molar-refractivity contribution in [2.45, 2.75) is 31.1 Å². The van der Waals surface area contributed by atoms with Gasteiger partial charge in [-0.3, -0.25) is 0 Å². The topological polar surface area (TPSA) is 30.7 Å². The summed E-state index contributed by atoms with van der Waals surface area (Å²) in [5, 5.41) is 9.01. The van der Waals surface area contributed by atoms with Crippen LogP contribution in [-0.4, -0.2) is 14.8 Å². The number of alkyl halides is 1. The summed E-state index contributed by atoms with van der Waals surface area (Å²) in [6.45, 7) is 1.10. The zero-order chi connectivity index (χ0) is 7.68. The van der Waals surface area contributed by atoms with Crippen LogP contribution in [0.2, 0.25) is 0 Å². The maximum atomic E-state index is 4.11. The molecule has 1 aromatic rings. The van der Waals surface area contributed by atoms with Crippen molar-refractivity contribution in [2.24, 2.45) is 0 Å². The molecule has 2 rings (SSSR count). The van der Waals surface area contributed by atoms with Crippen LogP contribution in [0, 0.1) is 0 Å². The first-order valence-corrected chi connectivity index (χ1v) is 5.01. The maximum absolute atomic E-state index is 4.11. The van der Waals surface area contributed by atoms with Crippen LogP contribution in [0.5, 0.6) is 0 Å². The van der Waals surface area contributed by atoms with Crippen LogP contribution >= 0.6 is 15.9 Å². The van der Waals surface area contributed by atoms with Crippen molar-refractivity contribution >= 4 is 15.9 Å². The Morgan fingerprint density at radius 3 is 3.09 bits per heavy atom. The highest BCUT2D eigenvalue weighted by atomic mass is 79.9. The van der Waals surface area contributed by atoms with E-state index in [9.17, 15) is 0 Å². The van der Waals surface area contributed by atoms with Crippen molar-refractivity contribution in [1.29, 1.82) is 0 Å². The summed E-state index contributed by atoms with van der Waals surface area (Å²) < 4.78 is 2.22. The third-order valence-corrected chi connectivity index (χ3v) is 2.56. The molecule has 0 atom stereocenters. The number of aryl methyl sites for hydroxylation is 1. The van der Waals surface area contributed by atoms with Crippen LogP contribution in [0.4, 0.5) is 0 Å². The van der Waals surface area contributed by atoms with Crippen LogP contribution in [0.15, 0.2) is 0 Å². The highest BCUT2D eigenvalue weighted by molar-refractivity contribution is 9.08. The van der Waals surface area contributed by atoms with Crippen molar-refractivity contribution in [3.63, 3.8) is 0 Å². The zero-order valence-electron chi connectivity index (χ0n) is 6.26. The van der Waals surface area contributed by atoms with Gasteiger partial charge in [-0.25, -0.2) is 0 Å². The Kier molecular flexibility index (Phi) is 1.94. The van der Waals surface area contributed by atoms with Crippen molar-refractivity contribution in [1.82, 2.24) is 14.8 Å². The largest absolute Gasteiger partial charge is 0.314 e. The van der Waals surface area contributed by atoms with Gasteiger partial charge in [-0.2, -0.15) is 0 Å². The maximum Gasteiger partial charge on any atom is 0.143 e. The Morgan fingerprint density at radius 1 is 1.36 bits per heavy atom. The molecule has 1 aliphatic rings. The fourth-order valence-electron chi connectivity index (χ4n) is 1.47. The summed E-state index contributed by atoms with van der Waals surface area (Å²) in [4.78, 5) is 0. The lowest BCUT2D eigenvalue weighted by Gasteiger charge is -2.13. The molecule has 1 aliphatic heterocycles. The number of nitrogens with zero attached hydrogens (tertiary/aromatic N) is 3. The first kappa shape index (κ1) is 7.28. The average molecular weight is 216 g/mol. The summed E-state index contributed by atoms with van der Waals surface area (Å²) >= 11 is 3.39. The van der Waals surface area contributed by atoms with E-state index < -0.39 is 0 Å². The summed E-state index contributed by atoms with van der Waals surface area (Å²) in [5.41, 5.74) is 0. The monoisotopic (exact) mass is 215 g/mol. The molecule has 0 spiro atoms. The Bertz CT molecular complexity index is 243. The van der Waals surface area contributed by atoms with Gasteiger partial charge in [-0.15, -0.1) is 10.2 Å². The van der Waals surface area contributed by atoms with Gasteiger partial charge in [-0.1, -0.05) is 15.9 Å². The molecule has 11 heavy (non-hydrogen) atoms. The summed E-state index contributed by atoms with van der Waals surface area (Å²) in [6.07, 6.45) is 3.63. The van der Waals surface area contributed by atoms with E-state index in [0.29, 0.717) is 0 Å². The molecule has 0 aromatic carbocycles. The molecule has 0 N–H and O–H groups in total. The molecule has 0 amide bonds. The molecule has 0 unspecified atom stereocenters. The Labute approximate surface area is 73.9 Å². The number of rotatable bonds is 1. The summed E-state index contributed by atoms with van der Waals surface area (Å²) in [7, 11) is 0. The van der Waals surface area contributed by atoms with Crippen LogP contribution in [0.25, 0.3) is 0 Å². The van der Waals surface area contributed by atoms with E-state index in [1.165, 1.54) is 12.8 Å². The van der Waals surface area contributed by atoms with Gasteiger partial charge in [0.2, 0.25) is 0 Å². The lowest BCUT2D eigenvalue weighted by molar-refractivity contribution is 0.513. The van der Waals surface area contributed by atoms with Crippen molar-refractivity contribution in [3.8, 4) is 0 Å². The molecular formula is C7H10BrN3. The minimum Gasteiger partial charge on any atom is -0.314 e. The normalized spacial score (nSPS) is 16.5. The summed E-state index contributed by atoms with van der Waals surface area (Å²) in [6, 6.07) is 0. The molecule has 0 radical (unpaired) electrons. The van der Waals surface area contributed by atoms with Gasteiger partial charge in [0.1, 0.15) is 11.6 Å². The molecule has 4 heteroatoms. The molecule has 0 aliphatic carbocycles. The Hall–Kier alpha value is -0.380. The molecule has 1 aromatic heterocycles. The van der Waals surface area contributed by atoms with E-state index in [-0.39, 0.29) is 0 Å². The number of halogens is 1. The van der Waals surface area contributed by atoms with Gasteiger partial charge in [0, 0.05) is 13.0 Å². The molecule has 60 valence electrons. The number of hydrogen-bond acceptors (Lipinski definition) is 2. The molecule has 0 bridgehead atoms. The highest BCUT2D eigenvalue weighted by Gasteiger charge is 2.13. The zero-order valence-corrected chi connectivity index (χ0v) is 7.84. The molecule has 3 nitrogen and oxygen atoms in total. The predicted molar refractivity (Wildman–Crippen MR) is 45.6 cm³/mol. The van der Waals surface area contributed by atoms with Gasteiger partial charge in [0.15, 0.2) is 0 Å². The standard InChI is InChI=1S/C7H10BrN3/c8-5-7-10-9-6-3-1-2-4-11(6)7/h1-5H2. The third kappa shape index (κ3) is 1.20. The van der Waals surface area contributed by atoms with Crippen LogP contribution in [0.1, 0.15) is 24.5 Å². The van der Waals surface area contributed by atoms with Gasteiger partial charge >= 0.3 is 0 Å². The minimum absolute atomic E-state index is 0.819. The molecule has 0 saturated heterocycles. The second-order valence-corrected chi connectivity index (χ2v) is 3.34. The fraction of sp³-hybridized carbons (Fsp3) is 0.714. The minimum atomic E-state index is 0.819. The average Bonchev–Trinajstić information content (AvgIpc) is 2.47. The third-order valence-electron chi connectivity index (χ3n) is 2.06. The molecular weight excluding hydrogens is 206 g/mol. The smallest absolute Gasteiger partial charge is 0.143 e. The van der Waals surface area contributed by atoms with E-state index in [1.54, 1.807) is 0 Å². The molecule has 0 saturated carbocycles. The van der Waals surface area contributed by atoms with Crippen LogP contribution < -0.4 is 0 Å². The van der Waals surface area contributed by atoms with Crippen molar-refractivity contribution < 1.29 is 0 Å². The van der Waals surface area contributed by atoms with E-state index in [0.717, 1.165) is 29.9 Å². The lowest BCUT2D eigenvalue weighted by Crippen LogP contribution is -2.12. The molecule has 2 heterocycles. The van der Waals surface area contributed by atoms with Gasteiger partial charge < -0.3 is 4.57 Å². The van der Waals surface area contributed by atoms with Gasteiger partial charge in [-0.05, 0) is 12.8 Å². The van der Waals surface area contributed by atoms with E-state index in [1.807, 2.05) is 0 Å². The quantitative estimate of drug-likeness (QED) is 0.666. The first-order chi connectivity index (χ1) is 5.42. The number of hydrogen-bond donors (Lipinski definition) is 0. The Morgan fingerprint density at radius 2 is 2.27 bits per heavy atom. The van der Waals surface area contributed by atoms with Gasteiger partial charge in [0.05, 0.1) is 5.33 Å². The number of fused-ring (bicyclic) bond motifs is 1. The fourth-order valence-corrected chi connectivity index (χ4v) is 1.88. The van der Waals surface area contributed by atoms with Crippen molar-refractivity contribution in [3.05, 3.63) is 11.6 Å². The molecule has 0 fully saturated rings. The summed E-state index contributed by atoms with van der Waals surface area (Å²) in [5.74, 6) is 2.23.